The number of sulfonamides is 1. The SMILES string of the molecule is C[C@@H](NC(=O)C1CCN(C2=NS(=O)(=O)c3ccccc32)CC1)c1ccc(Br)cc1. The van der Waals surface area contributed by atoms with Crippen molar-refractivity contribution in [2.24, 2.45) is 10.3 Å². The van der Waals surface area contributed by atoms with Gasteiger partial charge in [0.2, 0.25) is 5.91 Å². The number of carbonyl (C=O) groups excluding carboxylic acids is 1. The second kappa shape index (κ2) is 7.91. The van der Waals surface area contributed by atoms with Crippen LogP contribution in [0.3, 0.4) is 0 Å². The van der Waals surface area contributed by atoms with Crippen molar-refractivity contribution in [1.82, 2.24) is 10.2 Å². The van der Waals surface area contributed by atoms with E-state index < -0.39 is 10.0 Å². The third-order valence-electron chi connectivity index (χ3n) is 5.51. The van der Waals surface area contributed by atoms with Crippen molar-refractivity contribution in [2.75, 3.05) is 13.1 Å². The summed E-state index contributed by atoms with van der Waals surface area (Å²) in [7, 11) is -3.62. The Kier molecular flexibility index (Phi) is 5.48. The molecule has 0 aromatic heterocycles. The lowest BCUT2D eigenvalue weighted by molar-refractivity contribution is -0.126. The number of amides is 1. The molecule has 0 bridgehead atoms. The van der Waals surface area contributed by atoms with Crippen molar-refractivity contribution in [1.29, 1.82) is 0 Å². The number of halogens is 1. The topological polar surface area (TPSA) is 78.8 Å². The summed E-state index contributed by atoms with van der Waals surface area (Å²) in [6.07, 6.45) is 1.33. The highest BCUT2D eigenvalue weighted by Gasteiger charge is 2.34. The molecule has 2 heterocycles. The Bertz CT molecular complexity index is 1060. The average Bonchev–Trinajstić information content (AvgIpc) is 3.00. The third-order valence-corrected chi connectivity index (χ3v) is 7.36. The van der Waals surface area contributed by atoms with E-state index in [4.69, 9.17) is 0 Å². The van der Waals surface area contributed by atoms with E-state index >= 15 is 0 Å². The van der Waals surface area contributed by atoms with Gasteiger partial charge in [0.25, 0.3) is 10.0 Å². The van der Waals surface area contributed by atoms with Crippen LogP contribution in [0, 0.1) is 5.92 Å². The molecule has 0 unspecified atom stereocenters. The standard InChI is InChI=1S/C21H22BrN3O3S/c1-14(15-6-8-17(22)9-7-15)23-21(26)16-10-12-25(13-11-16)20-18-4-2-3-5-19(18)29(27,28)24-20/h2-9,14,16H,10-13H2,1H3,(H,23,26)/t14-/m1/s1. The third kappa shape index (κ3) is 4.09. The molecule has 2 aliphatic heterocycles. The van der Waals surface area contributed by atoms with E-state index in [9.17, 15) is 13.2 Å². The number of benzene rings is 2. The van der Waals surface area contributed by atoms with Crippen LogP contribution in [0.2, 0.25) is 0 Å². The first kappa shape index (κ1) is 20.1. The molecule has 1 amide bonds. The molecule has 8 heteroatoms. The Labute approximate surface area is 179 Å². The van der Waals surface area contributed by atoms with Gasteiger partial charge in [0.1, 0.15) is 4.90 Å². The van der Waals surface area contributed by atoms with Gasteiger partial charge in [-0.1, -0.05) is 40.2 Å². The fraction of sp³-hybridized carbons (Fsp3) is 0.333. The van der Waals surface area contributed by atoms with E-state index in [0.717, 1.165) is 10.0 Å². The normalized spacial score (nSPS) is 19.4. The number of hydrogen-bond acceptors (Lipinski definition) is 4. The van der Waals surface area contributed by atoms with Gasteiger partial charge in [-0.05, 0) is 49.6 Å². The van der Waals surface area contributed by atoms with E-state index in [1.165, 1.54) is 0 Å². The molecule has 6 nitrogen and oxygen atoms in total. The molecule has 0 spiro atoms. The molecule has 0 saturated carbocycles. The molecule has 1 N–H and O–H groups in total. The van der Waals surface area contributed by atoms with E-state index in [1.807, 2.05) is 42.2 Å². The van der Waals surface area contributed by atoms with Gasteiger partial charge in [-0.2, -0.15) is 8.42 Å². The molecule has 2 aromatic rings. The highest BCUT2D eigenvalue weighted by Crippen LogP contribution is 2.30. The first-order valence-electron chi connectivity index (χ1n) is 9.60. The van der Waals surface area contributed by atoms with E-state index in [-0.39, 0.29) is 22.8 Å². The number of fused-ring (bicyclic) bond motifs is 1. The molecule has 1 fully saturated rings. The Morgan fingerprint density at radius 2 is 1.79 bits per heavy atom. The van der Waals surface area contributed by atoms with Gasteiger partial charge in [0.05, 0.1) is 6.04 Å². The monoisotopic (exact) mass is 475 g/mol. The number of hydrogen-bond donors (Lipinski definition) is 1. The molecular weight excluding hydrogens is 454 g/mol. The van der Waals surface area contributed by atoms with Crippen LogP contribution in [-0.2, 0) is 14.8 Å². The van der Waals surface area contributed by atoms with Crippen LogP contribution in [0.4, 0.5) is 0 Å². The minimum absolute atomic E-state index is 0.0430. The van der Waals surface area contributed by atoms with Crippen molar-refractivity contribution in [3.8, 4) is 0 Å². The maximum atomic E-state index is 12.7. The lowest BCUT2D eigenvalue weighted by Gasteiger charge is -2.33. The predicted molar refractivity (Wildman–Crippen MR) is 115 cm³/mol. The van der Waals surface area contributed by atoms with Crippen molar-refractivity contribution >= 4 is 37.7 Å². The summed E-state index contributed by atoms with van der Waals surface area (Å²) in [4.78, 5) is 15.0. The Morgan fingerprint density at radius 1 is 1.14 bits per heavy atom. The number of carbonyl (C=O) groups is 1. The fourth-order valence-corrected chi connectivity index (χ4v) is 5.33. The molecule has 2 aliphatic rings. The molecule has 152 valence electrons. The summed E-state index contributed by atoms with van der Waals surface area (Å²) < 4.78 is 29.5. The fourth-order valence-electron chi connectivity index (χ4n) is 3.84. The van der Waals surface area contributed by atoms with Crippen LogP contribution in [0.5, 0.6) is 0 Å². The van der Waals surface area contributed by atoms with Gasteiger partial charge < -0.3 is 10.2 Å². The summed E-state index contributed by atoms with van der Waals surface area (Å²) in [6, 6.07) is 14.8. The zero-order valence-corrected chi connectivity index (χ0v) is 18.4. The minimum Gasteiger partial charge on any atom is -0.355 e. The van der Waals surface area contributed by atoms with Gasteiger partial charge in [-0.3, -0.25) is 4.79 Å². The first-order valence-corrected chi connectivity index (χ1v) is 11.8. The Hall–Kier alpha value is -2.19. The molecule has 2 aromatic carbocycles. The predicted octanol–water partition coefficient (Wildman–Crippen LogP) is 3.49. The number of amidine groups is 1. The van der Waals surface area contributed by atoms with E-state index in [2.05, 4.69) is 25.6 Å². The molecular formula is C21H22BrN3O3S. The van der Waals surface area contributed by atoms with Crippen LogP contribution in [0.1, 0.15) is 36.9 Å². The summed E-state index contributed by atoms with van der Waals surface area (Å²) in [6.45, 7) is 3.19. The lowest BCUT2D eigenvalue weighted by Crippen LogP contribution is -2.43. The smallest absolute Gasteiger partial charge is 0.285 e. The molecule has 29 heavy (non-hydrogen) atoms. The van der Waals surface area contributed by atoms with Crippen LogP contribution in [0.15, 0.2) is 62.3 Å². The maximum Gasteiger partial charge on any atom is 0.285 e. The van der Waals surface area contributed by atoms with Gasteiger partial charge >= 0.3 is 0 Å². The van der Waals surface area contributed by atoms with Crippen LogP contribution < -0.4 is 5.32 Å². The second-order valence-corrected chi connectivity index (χ2v) is 9.92. The van der Waals surface area contributed by atoms with Gasteiger partial charge in [0, 0.05) is 29.0 Å². The van der Waals surface area contributed by atoms with Gasteiger partial charge in [-0.25, -0.2) is 0 Å². The van der Waals surface area contributed by atoms with Crippen LogP contribution >= 0.6 is 15.9 Å². The van der Waals surface area contributed by atoms with Crippen LogP contribution in [-0.4, -0.2) is 38.2 Å². The Balaban J connectivity index is 1.39. The highest BCUT2D eigenvalue weighted by atomic mass is 79.9. The highest BCUT2D eigenvalue weighted by molar-refractivity contribution is 9.10. The van der Waals surface area contributed by atoms with E-state index in [0.29, 0.717) is 37.3 Å². The lowest BCUT2D eigenvalue weighted by atomic mass is 9.94. The summed E-state index contributed by atoms with van der Waals surface area (Å²) in [5.74, 6) is 0.460. The average molecular weight is 476 g/mol. The molecule has 1 atom stereocenters. The largest absolute Gasteiger partial charge is 0.355 e. The molecule has 4 rings (SSSR count). The van der Waals surface area contributed by atoms with Crippen molar-refractivity contribution in [2.45, 2.75) is 30.7 Å². The summed E-state index contributed by atoms with van der Waals surface area (Å²) in [5.41, 5.74) is 1.71. The molecule has 0 radical (unpaired) electrons. The number of piperidine rings is 1. The zero-order chi connectivity index (χ0) is 20.6. The number of rotatable bonds is 3. The summed E-state index contributed by atoms with van der Waals surface area (Å²) >= 11 is 3.42. The van der Waals surface area contributed by atoms with Gasteiger partial charge in [0.15, 0.2) is 5.84 Å². The molecule has 1 saturated heterocycles. The number of likely N-dealkylation sites (tertiary alicyclic amines) is 1. The van der Waals surface area contributed by atoms with Crippen LogP contribution in [0.25, 0.3) is 0 Å². The number of nitrogens with zero attached hydrogens (tertiary/aromatic N) is 2. The van der Waals surface area contributed by atoms with E-state index in [1.54, 1.807) is 18.2 Å². The molecule has 0 aliphatic carbocycles. The minimum atomic E-state index is -3.62. The second-order valence-electron chi connectivity index (χ2n) is 7.43. The van der Waals surface area contributed by atoms with Crippen molar-refractivity contribution < 1.29 is 13.2 Å². The number of nitrogens with one attached hydrogen (secondary N) is 1. The summed E-state index contributed by atoms with van der Waals surface area (Å²) in [5, 5.41) is 3.10. The first-order chi connectivity index (χ1) is 13.8. The van der Waals surface area contributed by atoms with Crippen molar-refractivity contribution in [3.63, 3.8) is 0 Å². The Morgan fingerprint density at radius 3 is 2.48 bits per heavy atom. The zero-order valence-electron chi connectivity index (χ0n) is 16.0. The quantitative estimate of drug-likeness (QED) is 0.736. The maximum absolute atomic E-state index is 12.7. The van der Waals surface area contributed by atoms with Gasteiger partial charge in [-0.15, -0.1) is 4.40 Å². The van der Waals surface area contributed by atoms with Crippen molar-refractivity contribution in [3.05, 3.63) is 64.1 Å².